The summed E-state index contributed by atoms with van der Waals surface area (Å²) >= 11 is 5.41. The second-order valence-electron chi connectivity index (χ2n) is 3.28. The van der Waals surface area contributed by atoms with Crippen molar-refractivity contribution in [2.75, 3.05) is 4.72 Å². The number of hydrogen-bond acceptors (Lipinski definition) is 7. The maximum Gasteiger partial charge on any atom is 0.263 e. The first-order valence-corrected chi connectivity index (χ1v) is 7.34. The summed E-state index contributed by atoms with van der Waals surface area (Å²) in [5.74, 6) is -0.691. The molecular weight excluding hydrogens is 313 g/mol. The molecule has 2 rings (SSSR count). The normalized spacial score (nSPS) is 11.2. The van der Waals surface area contributed by atoms with Crippen LogP contribution in [0.1, 0.15) is 5.56 Å². The zero-order chi connectivity index (χ0) is 14.0. The summed E-state index contributed by atoms with van der Waals surface area (Å²) in [6.07, 6.45) is 0. The van der Waals surface area contributed by atoms with Crippen molar-refractivity contribution in [3.05, 3.63) is 29.6 Å². The molecule has 1 heterocycles. The van der Waals surface area contributed by atoms with Crippen LogP contribution in [0.2, 0.25) is 0 Å². The summed E-state index contributed by atoms with van der Waals surface area (Å²) in [7, 11) is -3.92. The molecule has 0 fully saturated rings. The Labute approximate surface area is 116 Å². The Morgan fingerprint density at radius 1 is 1.47 bits per heavy atom. The second kappa shape index (κ2) is 5.11. The molecule has 0 aliphatic rings. The number of benzene rings is 1. The zero-order valence-corrected chi connectivity index (χ0v) is 11.5. The van der Waals surface area contributed by atoms with Gasteiger partial charge < -0.3 is 5.73 Å². The number of nitrogens with zero attached hydrogens (tertiary/aromatic N) is 3. The van der Waals surface area contributed by atoms with E-state index >= 15 is 0 Å². The summed E-state index contributed by atoms with van der Waals surface area (Å²) in [4.78, 5) is -0.418. The first-order chi connectivity index (χ1) is 8.90. The van der Waals surface area contributed by atoms with E-state index in [4.69, 9.17) is 5.73 Å². The highest BCUT2D eigenvalue weighted by Gasteiger charge is 2.18. The van der Waals surface area contributed by atoms with Gasteiger partial charge in [-0.25, -0.2) is 12.8 Å². The first kappa shape index (κ1) is 13.7. The molecule has 19 heavy (non-hydrogen) atoms. The van der Waals surface area contributed by atoms with E-state index in [1.54, 1.807) is 0 Å². The third-order valence-corrected chi connectivity index (χ3v) is 4.23. The maximum absolute atomic E-state index is 13.4. The van der Waals surface area contributed by atoms with E-state index < -0.39 is 15.8 Å². The highest BCUT2D eigenvalue weighted by Crippen LogP contribution is 2.18. The minimum absolute atomic E-state index is 0.00111. The van der Waals surface area contributed by atoms with Gasteiger partial charge in [0.2, 0.25) is 5.13 Å². The third-order valence-electron chi connectivity index (χ3n) is 2.03. The number of anilines is 1. The van der Waals surface area contributed by atoms with E-state index in [0.717, 1.165) is 29.7 Å². The van der Waals surface area contributed by atoms with Crippen molar-refractivity contribution < 1.29 is 12.8 Å². The van der Waals surface area contributed by atoms with Gasteiger partial charge in [-0.15, -0.1) is 0 Å². The van der Waals surface area contributed by atoms with Crippen molar-refractivity contribution in [1.29, 1.82) is 0 Å². The number of hydrogen-bond donors (Lipinski definition) is 2. The molecule has 3 N–H and O–H groups in total. The monoisotopic (exact) mass is 319 g/mol. The van der Waals surface area contributed by atoms with Crippen LogP contribution >= 0.6 is 23.8 Å². The Morgan fingerprint density at radius 2 is 2.21 bits per heavy atom. The quantitative estimate of drug-likeness (QED) is 0.790. The Hall–Kier alpha value is -1.72. The number of rotatable bonds is 4. The molecule has 1 aromatic carbocycles. The average Bonchev–Trinajstić information content (AvgIpc) is 2.80. The summed E-state index contributed by atoms with van der Waals surface area (Å²) in [6.45, 7) is 0. The summed E-state index contributed by atoms with van der Waals surface area (Å²) in [5, 5.41) is 6.70. The highest BCUT2D eigenvalue weighted by atomic mass is 32.2. The van der Waals surface area contributed by atoms with Crippen molar-refractivity contribution in [1.82, 2.24) is 14.8 Å². The molecule has 0 saturated carbocycles. The summed E-state index contributed by atoms with van der Waals surface area (Å²) in [6, 6.07) is 3.11. The molecule has 0 aliphatic carbocycles. The van der Waals surface area contributed by atoms with E-state index in [-0.39, 0.29) is 20.6 Å². The third kappa shape index (κ3) is 3.00. The van der Waals surface area contributed by atoms with Gasteiger partial charge in [0, 0.05) is 17.1 Å². The molecule has 11 heteroatoms. The van der Waals surface area contributed by atoms with Crippen LogP contribution in [0.3, 0.4) is 0 Å². The Kier molecular flexibility index (Phi) is 3.68. The number of halogens is 1. The molecule has 0 amide bonds. The van der Waals surface area contributed by atoms with E-state index in [2.05, 4.69) is 31.7 Å². The van der Waals surface area contributed by atoms with Gasteiger partial charge in [0.25, 0.3) is 10.0 Å². The molecule has 0 spiro atoms. The van der Waals surface area contributed by atoms with Crippen LogP contribution < -0.4 is 10.5 Å². The van der Waals surface area contributed by atoms with E-state index in [1.165, 1.54) is 0 Å². The lowest BCUT2D eigenvalue weighted by atomic mass is 10.2. The minimum Gasteiger partial charge on any atom is -0.389 e. The number of sulfonamides is 1. The maximum atomic E-state index is 13.4. The van der Waals surface area contributed by atoms with Crippen LogP contribution in [-0.4, -0.2) is 28.2 Å². The van der Waals surface area contributed by atoms with Gasteiger partial charge in [0.15, 0.2) is 0 Å². The first-order valence-electron chi connectivity index (χ1n) is 4.67. The van der Waals surface area contributed by atoms with Gasteiger partial charge in [-0.3, -0.25) is 4.72 Å². The fraction of sp³-hybridized carbons (Fsp3) is 0. The fourth-order valence-electron chi connectivity index (χ4n) is 1.21. The fourth-order valence-corrected chi connectivity index (χ4v) is 2.97. The Balaban J connectivity index is 2.41. The minimum atomic E-state index is -3.92. The SMILES string of the molecule is NC(=S)c1cc(S(=O)(=O)Nc2nnns2)ccc1F. The van der Waals surface area contributed by atoms with Crippen LogP contribution in [0.5, 0.6) is 0 Å². The second-order valence-corrected chi connectivity index (χ2v) is 6.13. The molecule has 2 aromatic rings. The molecule has 0 bridgehead atoms. The standard InChI is InChI=1S/C8H6FN5O2S3/c9-6-2-1-4(3-5(6)7(10)17)19(15,16)12-8-11-13-14-18-8/h1-3H,(H2,10,17)(H,11,12,14). The number of aromatic nitrogens is 3. The van der Waals surface area contributed by atoms with Crippen LogP contribution in [0, 0.1) is 5.82 Å². The lowest BCUT2D eigenvalue weighted by molar-refractivity contribution is 0.599. The lowest BCUT2D eigenvalue weighted by Gasteiger charge is -2.07. The van der Waals surface area contributed by atoms with Crippen LogP contribution in [-0.2, 0) is 10.0 Å². The number of nitrogens with one attached hydrogen (secondary N) is 1. The average molecular weight is 319 g/mol. The molecule has 0 saturated heterocycles. The molecule has 0 radical (unpaired) electrons. The lowest BCUT2D eigenvalue weighted by Crippen LogP contribution is -2.16. The van der Waals surface area contributed by atoms with Gasteiger partial charge in [-0.1, -0.05) is 21.8 Å². The van der Waals surface area contributed by atoms with Crippen molar-refractivity contribution in [3.8, 4) is 0 Å². The van der Waals surface area contributed by atoms with Crippen molar-refractivity contribution in [2.45, 2.75) is 4.90 Å². The number of nitrogens with two attached hydrogens (primary N) is 1. The van der Waals surface area contributed by atoms with Crippen molar-refractivity contribution in [2.24, 2.45) is 5.73 Å². The van der Waals surface area contributed by atoms with Crippen molar-refractivity contribution in [3.63, 3.8) is 0 Å². The predicted molar refractivity (Wildman–Crippen MR) is 70.8 cm³/mol. The van der Waals surface area contributed by atoms with Crippen LogP contribution in [0.4, 0.5) is 9.52 Å². The Bertz CT molecular complexity index is 716. The summed E-state index contributed by atoms with van der Waals surface area (Å²) < 4.78 is 42.9. The summed E-state index contributed by atoms with van der Waals surface area (Å²) in [5.41, 5.74) is 5.16. The topological polar surface area (TPSA) is 111 Å². The molecule has 0 unspecified atom stereocenters. The zero-order valence-electron chi connectivity index (χ0n) is 9.07. The highest BCUT2D eigenvalue weighted by molar-refractivity contribution is 7.93. The number of thiocarbonyl (C=S) groups is 1. The van der Waals surface area contributed by atoms with E-state index in [9.17, 15) is 12.8 Å². The molecule has 0 atom stereocenters. The van der Waals surface area contributed by atoms with Gasteiger partial charge in [0.05, 0.1) is 4.90 Å². The molecular formula is C8H6FN5O2S3. The largest absolute Gasteiger partial charge is 0.389 e. The van der Waals surface area contributed by atoms with Gasteiger partial charge in [-0.05, 0) is 23.4 Å². The molecule has 1 aromatic heterocycles. The smallest absolute Gasteiger partial charge is 0.263 e. The van der Waals surface area contributed by atoms with Gasteiger partial charge in [0.1, 0.15) is 10.8 Å². The van der Waals surface area contributed by atoms with Crippen LogP contribution in [0.25, 0.3) is 0 Å². The van der Waals surface area contributed by atoms with E-state index in [1.807, 2.05) is 0 Å². The molecule has 100 valence electrons. The van der Waals surface area contributed by atoms with Crippen molar-refractivity contribution >= 4 is 43.9 Å². The Morgan fingerprint density at radius 3 is 2.79 bits per heavy atom. The molecule has 0 aliphatic heterocycles. The van der Waals surface area contributed by atoms with Gasteiger partial charge in [-0.2, -0.15) is 0 Å². The molecule has 7 nitrogen and oxygen atoms in total. The van der Waals surface area contributed by atoms with Gasteiger partial charge >= 0.3 is 0 Å². The predicted octanol–water partition coefficient (Wildman–Crippen LogP) is 0.507. The van der Waals surface area contributed by atoms with Crippen LogP contribution in [0.15, 0.2) is 23.1 Å². The van der Waals surface area contributed by atoms with E-state index in [0.29, 0.717) is 0 Å².